The quantitative estimate of drug-likeness (QED) is 0.729. The number of halogens is 4. The largest absolute Gasteiger partial charge is 0.522 e. The van der Waals surface area contributed by atoms with Gasteiger partial charge in [-0.3, -0.25) is 4.74 Å². The van der Waals surface area contributed by atoms with Crippen molar-refractivity contribution in [3.8, 4) is 0 Å². The van der Waals surface area contributed by atoms with Crippen LogP contribution >= 0.6 is 12.4 Å². The molecule has 1 aliphatic heterocycles. The second-order valence-corrected chi connectivity index (χ2v) is 3.07. The highest BCUT2D eigenvalue weighted by Gasteiger charge is 2.34. The van der Waals surface area contributed by atoms with Crippen molar-refractivity contribution in [1.29, 1.82) is 0 Å². The summed E-state index contributed by atoms with van der Waals surface area (Å²) in [7, 11) is 0. The van der Waals surface area contributed by atoms with Gasteiger partial charge in [0, 0.05) is 6.04 Å². The fourth-order valence-electron chi connectivity index (χ4n) is 1.38. The van der Waals surface area contributed by atoms with Crippen LogP contribution in [0.25, 0.3) is 0 Å². The summed E-state index contributed by atoms with van der Waals surface area (Å²) in [6.45, 7) is 2.45. The molecule has 2 atom stereocenters. The lowest BCUT2D eigenvalue weighted by Gasteiger charge is -2.28. The second-order valence-electron chi connectivity index (χ2n) is 3.07. The molecule has 0 bridgehead atoms. The van der Waals surface area contributed by atoms with Crippen LogP contribution < -0.4 is 5.32 Å². The number of hydrogen-bond donors (Lipinski definition) is 1. The van der Waals surface area contributed by atoms with Gasteiger partial charge in [-0.15, -0.1) is 25.6 Å². The summed E-state index contributed by atoms with van der Waals surface area (Å²) >= 11 is 0. The molecule has 1 rings (SSSR count). The zero-order chi connectivity index (χ0) is 9.19. The van der Waals surface area contributed by atoms with E-state index in [0.29, 0.717) is 19.4 Å². The highest BCUT2D eigenvalue weighted by Crippen LogP contribution is 2.23. The Kier molecular flexibility index (Phi) is 5.02. The first kappa shape index (κ1) is 13.0. The Morgan fingerprint density at radius 3 is 2.46 bits per heavy atom. The molecule has 1 N–H and O–H groups in total. The third kappa shape index (κ3) is 5.33. The van der Waals surface area contributed by atoms with E-state index in [4.69, 9.17) is 0 Å². The van der Waals surface area contributed by atoms with Crippen LogP contribution in [-0.2, 0) is 4.74 Å². The minimum atomic E-state index is -4.48. The van der Waals surface area contributed by atoms with Gasteiger partial charge < -0.3 is 5.32 Å². The summed E-state index contributed by atoms with van der Waals surface area (Å²) in [6.07, 6.45) is -4.29. The smallest absolute Gasteiger partial charge is 0.314 e. The molecule has 0 unspecified atom stereocenters. The van der Waals surface area contributed by atoms with E-state index in [1.54, 1.807) is 0 Å². The van der Waals surface area contributed by atoms with Gasteiger partial charge in [0.2, 0.25) is 0 Å². The van der Waals surface area contributed by atoms with E-state index < -0.39 is 12.5 Å². The molecular formula is C7H13ClF3NO. The predicted octanol–water partition coefficient (Wildman–Crippen LogP) is 2.09. The van der Waals surface area contributed by atoms with E-state index in [9.17, 15) is 13.2 Å². The number of alkyl halides is 3. The third-order valence-electron chi connectivity index (χ3n) is 1.88. The summed E-state index contributed by atoms with van der Waals surface area (Å²) in [5, 5.41) is 3.05. The van der Waals surface area contributed by atoms with Crippen LogP contribution in [0.1, 0.15) is 19.8 Å². The number of rotatable bonds is 1. The molecule has 13 heavy (non-hydrogen) atoms. The molecule has 80 valence electrons. The van der Waals surface area contributed by atoms with Gasteiger partial charge in [0.1, 0.15) is 0 Å². The molecule has 0 aromatic carbocycles. The van der Waals surface area contributed by atoms with E-state index in [-0.39, 0.29) is 18.4 Å². The highest BCUT2D eigenvalue weighted by molar-refractivity contribution is 5.85. The Bertz CT molecular complexity index is 153. The van der Waals surface area contributed by atoms with Crippen molar-refractivity contribution in [2.24, 2.45) is 0 Å². The van der Waals surface area contributed by atoms with Crippen molar-refractivity contribution < 1.29 is 17.9 Å². The molecule has 0 saturated carbocycles. The number of ether oxygens (including phenoxy) is 1. The highest BCUT2D eigenvalue weighted by atomic mass is 35.5. The van der Waals surface area contributed by atoms with Crippen molar-refractivity contribution in [2.75, 3.05) is 6.54 Å². The van der Waals surface area contributed by atoms with E-state index in [0.717, 1.165) is 0 Å². The maximum absolute atomic E-state index is 11.7. The fourth-order valence-corrected chi connectivity index (χ4v) is 1.38. The van der Waals surface area contributed by atoms with Crippen LogP contribution in [0.15, 0.2) is 0 Å². The zero-order valence-electron chi connectivity index (χ0n) is 7.23. The minimum Gasteiger partial charge on any atom is -0.314 e. The molecule has 2 nitrogen and oxygen atoms in total. The molecule has 6 heteroatoms. The van der Waals surface area contributed by atoms with Gasteiger partial charge in [-0.2, -0.15) is 0 Å². The van der Waals surface area contributed by atoms with Gasteiger partial charge in [-0.1, -0.05) is 0 Å². The molecule has 1 heterocycles. The molecule has 0 radical (unpaired) electrons. The number of hydrogen-bond acceptors (Lipinski definition) is 2. The molecule has 0 amide bonds. The van der Waals surface area contributed by atoms with Gasteiger partial charge in [0.25, 0.3) is 0 Å². The summed E-state index contributed by atoms with van der Waals surface area (Å²) in [5.41, 5.74) is 0. The molecule has 0 aliphatic carbocycles. The molecule has 1 aliphatic rings. The Morgan fingerprint density at radius 2 is 2.00 bits per heavy atom. The predicted molar refractivity (Wildman–Crippen MR) is 44.9 cm³/mol. The van der Waals surface area contributed by atoms with Crippen LogP contribution in [0.2, 0.25) is 0 Å². The van der Waals surface area contributed by atoms with Crippen molar-refractivity contribution in [1.82, 2.24) is 5.32 Å². The van der Waals surface area contributed by atoms with Crippen LogP contribution in [0.5, 0.6) is 0 Å². The van der Waals surface area contributed by atoms with Gasteiger partial charge in [-0.05, 0) is 26.3 Å². The molecular weight excluding hydrogens is 207 g/mol. The summed E-state index contributed by atoms with van der Waals surface area (Å²) < 4.78 is 39.1. The SMILES string of the molecule is C[C@@H]1C[C@@H](OC(F)(F)F)CCN1.Cl. The molecule has 1 fully saturated rings. The average molecular weight is 220 g/mol. The Morgan fingerprint density at radius 1 is 1.38 bits per heavy atom. The normalized spacial score (nSPS) is 29.5. The summed E-state index contributed by atoms with van der Waals surface area (Å²) in [5.74, 6) is 0. The lowest BCUT2D eigenvalue weighted by Crippen LogP contribution is -2.41. The van der Waals surface area contributed by atoms with Crippen molar-refractivity contribution in [2.45, 2.75) is 38.3 Å². The van der Waals surface area contributed by atoms with Gasteiger partial charge >= 0.3 is 6.36 Å². The van der Waals surface area contributed by atoms with Crippen LogP contribution in [0.4, 0.5) is 13.2 Å². The molecule has 0 aromatic rings. The van der Waals surface area contributed by atoms with E-state index in [1.807, 2.05) is 6.92 Å². The van der Waals surface area contributed by atoms with Crippen molar-refractivity contribution >= 4 is 12.4 Å². The first-order valence-corrected chi connectivity index (χ1v) is 3.95. The Balaban J connectivity index is 0.00000144. The molecule has 0 aromatic heterocycles. The second kappa shape index (κ2) is 5.02. The van der Waals surface area contributed by atoms with Gasteiger partial charge in [-0.25, -0.2) is 0 Å². The van der Waals surface area contributed by atoms with Crippen molar-refractivity contribution in [3.63, 3.8) is 0 Å². The van der Waals surface area contributed by atoms with Crippen LogP contribution in [0.3, 0.4) is 0 Å². The average Bonchev–Trinajstić information content (AvgIpc) is 1.82. The fraction of sp³-hybridized carbons (Fsp3) is 1.00. The topological polar surface area (TPSA) is 21.3 Å². The van der Waals surface area contributed by atoms with E-state index in [1.165, 1.54) is 0 Å². The first-order valence-electron chi connectivity index (χ1n) is 3.95. The Hall–Kier alpha value is 0. The monoisotopic (exact) mass is 219 g/mol. The van der Waals surface area contributed by atoms with Crippen LogP contribution in [-0.4, -0.2) is 25.1 Å². The third-order valence-corrected chi connectivity index (χ3v) is 1.88. The maximum atomic E-state index is 11.7. The standard InChI is InChI=1S/C7H12F3NO.ClH/c1-5-4-6(2-3-11-5)12-7(8,9)10;/h5-6,11H,2-4H2,1H3;1H/t5-,6+;/m1./s1. The van der Waals surface area contributed by atoms with E-state index in [2.05, 4.69) is 10.1 Å². The molecule has 1 saturated heterocycles. The minimum absolute atomic E-state index is 0. The molecule has 0 spiro atoms. The zero-order valence-corrected chi connectivity index (χ0v) is 8.04. The number of nitrogens with one attached hydrogen (secondary N) is 1. The van der Waals surface area contributed by atoms with Crippen LogP contribution in [0, 0.1) is 0 Å². The lowest BCUT2D eigenvalue weighted by atomic mass is 10.0. The lowest BCUT2D eigenvalue weighted by molar-refractivity contribution is -0.345. The summed E-state index contributed by atoms with van der Waals surface area (Å²) in [4.78, 5) is 0. The summed E-state index contributed by atoms with van der Waals surface area (Å²) in [6, 6.07) is 0.117. The first-order chi connectivity index (χ1) is 5.47. The van der Waals surface area contributed by atoms with Crippen molar-refractivity contribution in [3.05, 3.63) is 0 Å². The maximum Gasteiger partial charge on any atom is 0.522 e. The van der Waals surface area contributed by atoms with Gasteiger partial charge in [0.05, 0.1) is 6.10 Å². The van der Waals surface area contributed by atoms with Gasteiger partial charge in [0.15, 0.2) is 0 Å². The van der Waals surface area contributed by atoms with E-state index >= 15 is 0 Å². The Labute approximate surface area is 81.2 Å². The number of piperidine rings is 1.